The number of hydrogen-bond acceptors (Lipinski definition) is 6. The first kappa shape index (κ1) is 20.1. The number of likely N-dealkylation sites (N-methyl/N-ethyl adjacent to an activating group) is 1. The molecule has 0 aromatic carbocycles. The average molecular weight is 449 g/mol. The Bertz CT molecular complexity index is 1370. The first-order valence-electron chi connectivity index (χ1n) is 11.2. The van der Waals surface area contributed by atoms with Crippen LogP contribution in [-0.4, -0.2) is 74.4 Å². The summed E-state index contributed by atoms with van der Waals surface area (Å²) in [5, 5.41) is 11.3. The maximum atomic E-state index is 13.7. The van der Waals surface area contributed by atoms with Crippen LogP contribution in [-0.2, 0) is 0 Å². The van der Waals surface area contributed by atoms with Crippen molar-refractivity contribution in [1.29, 1.82) is 0 Å². The normalized spacial score (nSPS) is 21.2. The van der Waals surface area contributed by atoms with E-state index in [2.05, 4.69) is 43.4 Å². The first-order valence-corrected chi connectivity index (χ1v) is 11.2. The van der Waals surface area contributed by atoms with Crippen LogP contribution in [0.2, 0.25) is 0 Å². The molecule has 2 atom stereocenters. The fourth-order valence-corrected chi connectivity index (χ4v) is 4.71. The number of anilines is 1. The van der Waals surface area contributed by atoms with Gasteiger partial charge in [0.25, 0.3) is 5.91 Å². The van der Waals surface area contributed by atoms with Gasteiger partial charge in [-0.05, 0) is 32.0 Å². The zero-order valence-corrected chi connectivity index (χ0v) is 18.5. The van der Waals surface area contributed by atoms with Crippen molar-refractivity contribution in [3.8, 4) is 11.3 Å². The summed E-state index contributed by atoms with van der Waals surface area (Å²) < 4.78 is 17.5. The van der Waals surface area contributed by atoms with Gasteiger partial charge in [0.05, 0.1) is 24.0 Å². The fraction of sp³-hybridized carbons (Fsp3) is 0.391. The number of nitrogens with zero attached hydrogens (tertiary/aromatic N) is 6. The topological polar surface area (TPSA) is 92.4 Å². The molecular weight excluding hydrogens is 423 g/mol. The highest BCUT2D eigenvalue weighted by Gasteiger charge is 2.33. The highest BCUT2D eigenvalue weighted by Crippen LogP contribution is 2.34. The van der Waals surface area contributed by atoms with E-state index in [9.17, 15) is 9.18 Å². The molecule has 1 saturated heterocycles. The van der Waals surface area contributed by atoms with E-state index in [1.54, 1.807) is 17.8 Å². The van der Waals surface area contributed by atoms with Gasteiger partial charge in [-0.15, -0.1) is 0 Å². The lowest BCUT2D eigenvalue weighted by Crippen LogP contribution is -2.48. The van der Waals surface area contributed by atoms with Gasteiger partial charge in [-0.3, -0.25) is 4.79 Å². The fourth-order valence-electron chi connectivity index (χ4n) is 4.71. The summed E-state index contributed by atoms with van der Waals surface area (Å²) in [6, 6.07) is 5.81. The lowest BCUT2D eigenvalue weighted by Gasteiger charge is -2.37. The molecule has 1 amide bonds. The van der Waals surface area contributed by atoms with Crippen molar-refractivity contribution in [1.82, 2.24) is 34.4 Å². The number of amides is 1. The van der Waals surface area contributed by atoms with Crippen LogP contribution in [0.5, 0.6) is 0 Å². The standard InChI is InChI=1S/C23H25FN8O/c1-25-20-8-19(16-12-31(13-10-30(2)11-13)21-14(16)4-3-7-26-21)28-22-15(9-27-32(20)22)23(33)29-18-6-5-17(18)24/h3-4,7-9,12-13,17-18,25H,5-6,10-11H2,1-2H3,(H,29,33)/t17-,18-/m0/s1. The summed E-state index contributed by atoms with van der Waals surface area (Å²) >= 11 is 0. The molecular formula is C23H25FN8O. The number of pyridine rings is 1. The van der Waals surface area contributed by atoms with Gasteiger partial charge < -0.3 is 20.1 Å². The Morgan fingerprint density at radius 1 is 1.24 bits per heavy atom. The highest BCUT2D eigenvalue weighted by atomic mass is 19.1. The number of rotatable bonds is 5. The van der Waals surface area contributed by atoms with Crippen molar-refractivity contribution in [2.45, 2.75) is 31.1 Å². The van der Waals surface area contributed by atoms with Gasteiger partial charge in [0.1, 0.15) is 23.2 Å². The third-order valence-corrected chi connectivity index (χ3v) is 6.78. The Morgan fingerprint density at radius 3 is 2.79 bits per heavy atom. The van der Waals surface area contributed by atoms with E-state index in [-0.39, 0.29) is 5.91 Å². The minimum atomic E-state index is -0.989. The summed E-state index contributed by atoms with van der Waals surface area (Å²) in [5.41, 5.74) is 3.34. The third kappa shape index (κ3) is 3.16. The van der Waals surface area contributed by atoms with Crippen LogP contribution in [0.25, 0.3) is 27.9 Å². The van der Waals surface area contributed by atoms with Gasteiger partial charge in [0.2, 0.25) is 0 Å². The largest absolute Gasteiger partial charge is 0.373 e. The van der Waals surface area contributed by atoms with Crippen LogP contribution in [0.3, 0.4) is 0 Å². The van der Waals surface area contributed by atoms with Gasteiger partial charge in [-0.1, -0.05) is 0 Å². The quantitative estimate of drug-likeness (QED) is 0.488. The Labute approximate surface area is 189 Å². The summed E-state index contributed by atoms with van der Waals surface area (Å²) in [7, 11) is 3.91. The molecule has 10 heteroatoms. The number of nitrogens with one attached hydrogen (secondary N) is 2. The molecule has 33 heavy (non-hydrogen) atoms. The molecule has 1 aliphatic heterocycles. The van der Waals surface area contributed by atoms with Crippen molar-refractivity contribution in [2.75, 3.05) is 32.5 Å². The molecule has 170 valence electrons. The van der Waals surface area contributed by atoms with Crippen molar-refractivity contribution < 1.29 is 9.18 Å². The molecule has 0 unspecified atom stereocenters. The molecule has 6 rings (SSSR count). The van der Waals surface area contributed by atoms with Crippen LogP contribution in [0.4, 0.5) is 10.2 Å². The number of halogens is 1. The van der Waals surface area contributed by atoms with E-state index in [1.807, 2.05) is 18.2 Å². The van der Waals surface area contributed by atoms with Gasteiger partial charge in [-0.2, -0.15) is 9.61 Å². The second-order valence-corrected chi connectivity index (χ2v) is 8.94. The molecule has 2 fully saturated rings. The van der Waals surface area contributed by atoms with Gasteiger partial charge >= 0.3 is 0 Å². The molecule has 4 aromatic rings. The van der Waals surface area contributed by atoms with Crippen molar-refractivity contribution in [2.24, 2.45) is 0 Å². The Balaban J connectivity index is 1.46. The second kappa shape index (κ2) is 7.51. The molecule has 9 nitrogen and oxygen atoms in total. The molecule has 1 saturated carbocycles. The maximum Gasteiger partial charge on any atom is 0.257 e. The number of likely N-dealkylation sites (tertiary alicyclic amines) is 1. The predicted octanol–water partition coefficient (Wildman–Crippen LogP) is 2.50. The lowest BCUT2D eigenvalue weighted by atomic mass is 9.90. The SMILES string of the molecule is CNc1cc(-c2cn(C3CN(C)C3)c3ncccc23)nc2c(C(=O)N[C@H]3CC[C@@H]3F)cnn12. The highest BCUT2D eigenvalue weighted by molar-refractivity contribution is 6.01. The van der Waals surface area contributed by atoms with E-state index in [0.717, 1.165) is 35.4 Å². The molecule has 0 radical (unpaired) electrons. The van der Waals surface area contributed by atoms with Gasteiger partial charge in [0.15, 0.2) is 5.65 Å². The predicted molar refractivity (Wildman–Crippen MR) is 123 cm³/mol. The average Bonchev–Trinajstić information content (AvgIpc) is 3.40. The van der Waals surface area contributed by atoms with E-state index < -0.39 is 12.2 Å². The minimum absolute atomic E-state index is 0.329. The van der Waals surface area contributed by atoms with Crippen LogP contribution in [0.15, 0.2) is 36.8 Å². The number of hydrogen-bond donors (Lipinski definition) is 2. The molecule has 0 spiro atoms. The van der Waals surface area contributed by atoms with E-state index in [4.69, 9.17) is 4.98 Å². The van der Waals surface area contributed by atoms with Gasteiger partial charge in [-0.25, -0.2) is 14.4 Å². The van der Waals surface area contributed by atoms with E-state index in [0.29, 0.717) is 35.9 Å². The maximum absolute atomic E-state index is 13.7. The number of alkyl halides is 1. The summed E-state index contributed by atoms with van der Waals surface area (Å²) in [6.45, 7) is 1.94. The number of carbonyl (C=O) groups excluding carboxylic acids is 1. The van der Waals surface area contributed by atoms with Crippen LogP contribution in [0, 0.1) is 0 Å². The van der Waals surface area contributed by atoms with Crippen molar-refractivity contribution in [3.63, 3.8) is 0 Å². The molecule has 5 heterocycles. The van der Waals surface area contributed by atoms with Crippen molar-refractivity contribution >= 4 is 28.4 Å². The van der Waals surface area contributed by atoms with Crippen LogP contribution in [0.1, 0.15) is 29.2 Å². The smallest absolute Gasteiger partial charge is 0.257 e. The first-order chi connectivity index (χ1) is 16.0. The van der Waals surface area contributed by atoms with Crippen LogP contribution < -0.4 is 10.6 Å². The second-order valence-electron chi connectivity index (χ2n) is 8.94. The zero-order valence-electron chi connectivity index (χ0n) is 18.5. The molecule has 4 aromatic heterocycles. The summed E-state index contributed by atoms with van der Waals surface area (Å²) in [4.78, 5) is 24.6. The Hall–Kier alpha value is -3.53. The van der Waals surface area contributed by atoms with E-state index in [1.165, 1.54) is 6.20 Å². The van der Waals surface area contributed by atoms with Crippen molar-refractivity contribution in [3.05, 3.63) is 42.4 Å². The third-order valence-electron chi connectivity index (χ3n) is 6.78. The Morgan fingerprint density at radius 2 is 2.09 bits per heavy atom. The zero-order chi connectivity index (χ0) is 22.7. The number of fused-ring (bicyclic) bond motifs is 2. The molecule has 2 N–H and O–H groups in total. The Kier molecular flexibility index (Phi) is 4.58. The summed E-state index contributed by atoms with van der Waals surface area (Å²) in [6.07, 6.45) is 5.54. The number of carbonyl (C=O) groups is 1. The number of aromatic nitrogens is 5. The summed E-state index contributed by atoms with van der Waals surface area (Å²) in [5.74, 6) is 0.347. The molecule has 1 aliphatic carbocycles. The molecule has 0 bridgehead atoms. The lowest BCUT2D eigenvalue weighted by molar-refractivity contribution is 0.0826. The monoisotopic (exact) mass is 448 g/mol. The minimum Gasteiger partial charge on any atom is -0.373 e. The molecule has 2 aliphatic rings. The van der Waals surface area contributed by atoms with E-state index >= 15 is 0 Å². The van der Waals surface area contributed by atoms with Gasteiger partial charge in [0, 0.05) is 49.5 Å². The van der Waals surface area contributed by atoms with Crippen LogP contribution >= 0.6 is 0 Å².